The zero-order chi connectivity index (χ0) is 15.8. The molecule has 0 fully saturated rings. The molecular formula is C18H36FeO3. The van der Waals surface area contributed by atoms with E-state index < -0.39 is 5.97 Å². The Bertz CT molecular complexity index is 234. The van der Waals surface area contributed by atoms with Gasteiger partial charge in [-0.3, -0.25) is 4.79 Å². The summed E-state index contributed by atoms with van der Waals surface area (Å²) in [6.07, 6.45) is 16.3. The summed E-state index contributed by atoms with van der Waals surface area (Å²) in [5.41, 5.74) is 0. The van der Waals surface area contributed by atoms with Gasteiger partial charge in [0.05, 0.1) is 6.10 Å². The molecule has 0 aromatic carbocycles. The maximum Gasteiger partial charge on any atom is 0.303 e. The Kier molecular flexibility index (Phi) is 20.9. The quantitative estimate of drug-likeness (QED) is 0.291. The minimum Gasteiger partial charge on any atom is -0.481 e. The molecule has 0 aliphatic carbocycles. The van der Waals surface area contributed by atoms with Crippen LogP contribution in [0, 0.1) is 0 Å². The van der Waals surface area contributed by atoms with Crippen LogP contribution in [0.3, 0.4) is 0 Å². The summed E-state index contributed by atoms with van der Waals surface area (Å²) in [4.78, 5) is 10.3. The van der Waals surface area contributed by atoms with Gasteiger partial charge in [-0.2, -0.15) is 0 Å². The predicted molar refractivity (Wildman–Crippen MR) is 88.6 cm³/mol. The summed E-state index contributed by atoms with van der Waals surface area (Å²) in [7, 11) is 0. The average Bonchev–Trinajstić information content (AvgIpc) is 2.45. The molecule has 0 spiro atoms. The standard InChI is InChI=1S/C18H36O3.Fe/c1-2-3-4-11-14-17(19)15-12-9-7-5-6-8-10-13-16-18(20)21;/h17,19H,2-16H2,1H3,(H,20,21);. The molecule has 0 aliphatic heterocycles. The van der Waals surface area contributed by atoms with Gasteiger partial charge < -0.3 is 10.2 Å². The normalized spacial score (nSPS) is 11.9. The molecule has 0 aromatic rings. The van der Waals surface area contributed by atoms with Crippen LogP contribution in [-0.4, -0.2) is 22.3 Å². The van der Waals surface area contributed by atoms with E-state index in [1.807, 2.05) is 0 Å². The van der Waals surface area contributed by atoms with E-state index in [-0.39, 0.29) is 23.2 Å². The second-order valence-electron chi connectivity index (χ2n) is 6.26. The van der Waals surface area contributed by atoms with Gasteiger partial charge in [-0.05, 0) is 19.3 Å². The summed E-state index contributed by atoms with van der Waals surface area (Å²) >= 11 is 0. The van der Waals surface area contributed by atoms with Crippen molar-refractivity contribution >= 4 is 5.97 Å². The molecule has 0 saturated heterocycles. The molecule has 22 heavy (non-hydrogen) atoms. The third-order valence-electron chi connectivity index (χ3n) is 4.07. The molecule has 0 rings (SSSR count). The van der Waals surface area contributed by atoms with E-state index >= 15 is 0 Å². The first-order valence-electron chi connectivity index (χ1n) is 9.06. The van der Waals surface area contributed by atoms with Crippen molar-refractivity contribution in [3.05, 3.63) is 0 Å². The predicted octanol–water partition coefficient (Wildman–Crippen LogP) is 5.30. The van der Waals surface area contributed by atoms with Crippen molar-refractivity contribution in [3.8, 4) is 0 Å². The number of carbonyl (C=O) groups is 1. The number of hydrogen-bond donors (Lipinski definition) is 2. The van der Waals surface area contributed by atoms with Crippen LogP contribution in [-0.2, 0) is 21.9 Å². The van der Waals surface area contributed by atoms with Gasteiger partial charge in [0.25, 0.3) is 0 Å². The fraction of sp³-hybridized carbons (Fsp3) is 0.944. The number of carboxylic acid groups (broad SMARTS) is 1. The maximum absolute atomic E-state index is 10.3. The fourth-order valence-electron chi connectivity index (χ4n) is 2.67. The first-order valence-corrected chi connectivity index (χ1v) is 9.06. The van der Waals surface area contributed by atoms with E-state index in [0.717, 1.165) is 38.5 Å². The second kappa shape index (κ2) is 19.0. The Morgan fingerprint density at radius 1 is 0.773 bits per heavy atom. The molecule has 3 nitrogen and oxygen atoms in total. The smallest absolute Gasteiger partial charge is 0.303 e. The average molecular weight is 356 g/mol. The molecule has 0 aromatic heterocycles. The zero-order valence-corrected chi connectivity index (χ0v) is 15.4. The number of carboxylic acids is 1. The van der Waals surface area contributed by atoms with E-state index in [0.29, 0.717) is 6.42 Å². The molecule has 0 aliphatic rings. The first kappa shape index (κ1) is 24.2. The molecule has 1 unspecified atom stereocenters. The summed E-state index contributed by atoms with van der Waals surface area (Å²) in [5, 5.41) is 18.4. The van der Waals surface area contributed by atoms with Crippen LogP contribution in [0.25, 0.3) is 0 Å². The van der Waals surface area contributed by atoms with Crippen LogP contribution in [0.15, 0.2) is 0 Å². The second-order valence-corrected chi connectivity index (χ2v) is 6.26. The fourth-order valence-corrected chi connectivity index (χ4v) is 2.67. The van der Waals surface area contributed by atoms with Crippen LogP contribution in [0.5, 0.6) is 0 Å². The molecule has 4 heteroatoms. The molecular weight excluding hydrogens is 320 g/mol. The van der Waals surface area contributed by atoms with Crippen molar-refractivity contribution in [2.45, 2.75) is 109 Å². The van der Waals surface area contributed by atoms with E-state index in [1.54, 1.807) is 0 Å². The summed E-state index contributed by atoms with van der Waals surface area (Å²) in [6.45, 7) is 2.21. The van der Waals surface area contributed by atoms with E-state index in [1.165, 1.54) is 51.4 Å². The number of unbranched alkanes of at least 4 members (excludes halogenated alkanes) is 10. The number of aliphatic carboxylic acids is 1. The Morgan fingerprint density at radius 2 is 1.18 bits per heavy atom. The third-order valence-corrected chi connectivity index (χ3v) is 4.07. The Morgan fingerprint density at radius 3 is 1.64 bits per heavy atom. The SMILES string of the molecule is CCCCCCC(O)CCCCCCCCCCC(=O)O.[Fe]. The molecule has 0 bridgehead atoms. The Balaban J connectivity index is 0. The number of hydrogen-bond acceptors (Lipinski definition) is 2. The van der Waals surface area contributed by atoms with Gasteiger partial charge in [-0.15, -0.1) is 0 Å². The van der Waals surface area contributed by atoms with Gasteiger partial charge >= 0.3 is 5.97 Å². The van der Waals surface area contributed by atoms with Crippen LogP contribution < -0.4 is 0 Å². The van der Waals surface area contributed by atoms with Crippen molar-refractivity contribution in [2.75, 3.05) is 0 Å². The minimum absolute atomic E-state index is 0. The summed E-state index contributed by atoms with van der Waals surface area (Å²) in [6, 6.07) is 0. The number of aliphatic hydroxyl groups excluding tert-OH is 1. The summed E-state index contributed by atoms with van der Waals surface area (Å²) in [5.74, 6) is -0.678. The van der Waals surface area contributed by atoms with Crippen LogP contribution in [0.4, 0.5) is 0 Å². The van der Waals surface area contributed by atoms with Crippen molar-refractivity contribution in [3.63, 3.8) is 0 Å². The van der Waals surface area contributed by atoms with Gasteiger partial charge in [-0.25, -0.2) is 0 Å². The molecule has 0 heterocycles. The van der Waals surface area contributed by atoms with E-state index in [9.17, 15) is 9.90 Å². The van der Waals surface area contributed by atoms with Crippen molar-refractivity contribution in [1.29, 1.82) is 0 Å². The molecule has 1 atom stereocenters. The van der Waals surface area contributed by atoms with E-state index in [4.69, 9.17) is 5.11 Å². The van der Waals surface area contributed by atoms with Gasteiger partial charge in [0.1, 0.15) is 0 Å². The van der Waals surface area contributed by atoms with E-state index in [2.05, 4.69) is 6.92 Å². The summed E-state index contributed by atoms with van der Waals surface area (Å²) < 4.78 is 0. The molecule has 134 valence electrons. The topological polar surface area (TPSA) is 57.5 Å². The zero-order valence-electron chi connectivity index (χ0n) is 14.3. The van der Waals surface area contributed by atoms with Crippen LogP contribution >= 0.6 is 0 Å². The Labute approximate surface area is 147 Å². The first-order chi connectivity index (χ1) is 10.2. The van der Waals surface area contributed by atoms with Crippen molar-refractivity contribution in [1.82, 2.24) is 0 Å². The van der Waals surface area contributed by atoms with Crippen molar-refractivity contribution in [2.24, 2.45) is 0 Å². The molecule has 0 radical (unpaired) electrons. The number of rotatable bonds is 16. The van der Waals surface area contributed by atoms with Gasteiger partial charge in [0, 0.05) is 23.5 Å². The number of aliphatic hydroxyl groups is 1. The third kappa shape index (κ3) is 19.9. The molecule has 0 saturated carbocycles. The maximum atomic E-state index is 10.3. The van der Waals surface area contributed by atoms with Gasteiger partial charge in [0.2, 0.25) is 0 Å². The van der Waals surface area contributed by atoms with Crippen LogP contribution in [0.2, 0.25) is 0 Å². The molecule has 0 amide bonds. The van der Waals surface area contributed by atoms with Gasteiger partial charge in [-0.1, -0.05) is 77.6 Å². The van der Waals surface area contributed by atoms with Gasteiger partial charge in [0.15, 0.2) is 0 Å². The monoisotopic (exact) mass is 356 g/mol. The Hall–Kier alpha value is -0.0505. The van der Waals surface area contributed by atoms with Crippen LogP contribution in [0.1, 0.15) is 103 Å². The molecule has 2 N–H and O–H groups in total. The minimum atomic E-state index is -0.678. The largest absolute Gasteiger partial charge is 0.481 e. The van der Waals surface area contributed by atoms with Crippen molar-refractivity contribution < 1.29 is 32.1 Å².